The van der Waals surface area contributed by atoms with Crippen LogP contribution in [0.4, 0.5) is 0 Å². The molecule has 0 rings (SSSR count). The molecule has 0 aromatic heterocycles. The number of hydrogen-bond acceptors (Lipinski definition) is 4. The largest absolute Gasteiger partial charge is 0.480 e. The maximum Gasteiger partial charge on any atom is 0.317 e. The molecule has 0 aromatic carbocycles. The lowest BCUT2D eigenvalue weighted by molar-refractivity contribution is -0.138. The third-order valence-electron chi connectivity index (χ3n) is 2.17. The first kappa shape index (κ1) is 16.9. The van der Waals surface area contributed by atoms with Gasteiger partial charge >= 0.3 is 5.97 Å². The van der Waals surface area contributed by atoms with Gasteiger partial charge in [0.1, 0.15) is 0 Å². The minimum absolute atomic E-state index is 0.0757. The predicted octanol–water partition coefficient (Wildman–Crippen LogP) is 0.180. The third kappa shape index (κ3) is 8.95. The quantitative estimate of drug-likeness (QED) is 0.618. The second-order valence-electron chi connectivity index (χ2n) is 4.88. The van der Waals surface area contributed by atoms with Gasteiger partial charge in [-0.15, -0.1) is 0 Å². The van der Waals surface area contributed by atoms with E-state index in [1.807, 2.05) is 20.8 Å². The Bertz CT molecular complexity index is 269. The minimum atomic E-state index is -0.923. The Hall–Kier alpha value is -1.14. The van der Waals surface area contributed by atoms with Crippen LogP contribution in [-0.4, -0.2) is 61.3 Å². The van der Waals surface area contributed by atoms with Crippen molar-refractivity contribution in [3.8, 4) is 0 Å². The number of ether oxygens (including phenoxy) is 1. The fraction of sp³-hybridized carbons (Fsp3) is 0.833. The molecule has 106 valence electrons. The molecule has 0 aliphatic carbocycles. The lowest BCUT2D eigenvalue weighted by Gasteiger charge is -2.22. The molecule has 0 aliphatic heterocycles. The van der Waals surface area contributed by atoms with Crippen LogP contribution < -0.4 is 5.32 Å². The Labute approximate surface area is 108 Å². The van der Waals surface area contributed by atoms with Crippen LogP contribution in [0, 0.1) is 5.92 Å². The van der Waals surface area contributed by atoms with Crippen molar-refractivity contribution >= 4 is 11.9 Å². The number of carbonyl (C=O) groups is 2. The lowest BCUT2D eigenvalue weighted by Crippen LogP contribution is -2.44. The summed E-state index contributed by atoms with van der Waals surface area (Å²) in [5, 5.41) is 11.5. The standard InChI is InChI=1S/C12H24N2O4/c1-9(2)5-14(7-12(16)17)6-11(15)13-10(3)8-18-4/h9-10H,5-8H2,1-4H3,(H,13,15)(H,16,17). The molecular weight excluding hydrogens is 236 g/mol. The molecule has 18 heavy (non-hydrogen) atoms. The van der Waals surface area contributed by atoms with Crippen molar-refractivity contribution in [2.75, 3.05) is 33.4 Å². The van der Waals surface area contributed by atoms with E-state index in [0.29, 0.717) is 19.1 Å². The summed E-state index contributed by atoms with van der Waals surface area (Å²) in [7, 11) is 1.57. The highest BCUT2D eigenvalue weighted by molar-refractivity contribution is 5.79. The van der Waals surface area contributed by atoms with E-state index in [9.17, 15) is 9.59 Å². The van der Waals surface area contributed by atoms with Crippen molar-refractivity contribution in [1.82, 2.24) is 10.2 Å². The molecule has 1 atom stereocenters. The number of carboxylic acids is 1. The molecule has 6 heteroatoms. The molecule has 0 saturated carbocycles. The first-order valence-electron chi connectivity index (χ1n) is 6.07. The van der Waals surface area contributed by atoms with E-state index < -0.39 is 5.97 Å². The van der Waals surface area contributed by atoms with Crippen molar-refractivity contribution in [2.24, 2.45) is 5.92 Å². The second-order valence-corrected chi connectivity index (χ2v) is 4.88. The summed E-state index contributed by atoms with van der Waals surface area (Å²) >= 11 is 0. The number of amides is 1. The van der Waals surface area contributed by atoms with Crippen molar-refractivity contribution in [3.63, 3.8) is 0 Å². The molecule has 0 radical (unpaired) electrons. The van der Waals surface area contributed by atoms with Crippen molar-refractivity contribution in [3.05, 3.63) is 0 Å². The van der Waals surface area contributed by atoms with E-state index in [0.717, 1.165) is 0 Å². The summed E-state index contributed by atoms with van der Waals surface area (Å²) in [5.41, 5.74) is 0. The Balaban J connectivity index is 4.20. The molecule has 1 amide bonds. The third-order valence-corrected chi connectivity index (χ3v) is 2.17. The van der Waals surface area contributed by atoms with Crippen LogP contribution in [0.25, 0.3) is 0 Å². The Morgan fingerprint density at radius 1 is 1.28 bits per heavy atom. The smallest absolute Gasteiger partial charge is 0.317 e. The van der Waals surface area contributed by atoms with Gasteiger partial charge in [0.05, 0.1) is 19.7 Å². The van der Waals surface area contributed by atoms with Crippen molar-refractivity contribution in [1.29, 1.82) is 0 Å². The number of carboxylic acid groups (broad SMARTS) is 1. The summed E-state index contributed by atoms with van der Waals surface area (Å²) in [5.74, 6) is -0.789. The number of aliphatic carboxylic acids is 1. The van der Waals surface area contributed by atoms with Crippen LogP contribution in [0.15, 0.2) is 0 Å². The van der Waals surface area contributed by atoms with E-state index in [2.05, 4.69) is 5.32 Å². The number of nitrogens with one attached hydrogen (secondary N) is 1. The van der Waals surface area contributed by atoms with Gasteiger partial charge in [-0.25, -0.2) is 0 Å². The predicted molar refractivity (Wildman–Crippen MR) is 68.4 cm³/mol. The molecule has 0 aromatic rings. The molecule has 0 heterocycles. The Kier molecular flexibility index (Phi) is 8.32. The highest BCUT2D eigenvalue weighted by Gasteiger charge is 2.16. The zero-order valence-corrected chi connectivity index (χ0v) is 11.6. The highest BCUT2D eigenvalue weighted by atomic mass is 16.5. The first-order valence-corrected chi connectivity index (χ1v) is 6.07. The molecule has 0 saturated heterocycles. The first-order chi connectivity index (χ1) is 8.35. The molecule has 2 N–H and O–H groups in total. The number of hydrogen-bond donors (Lipinski definition) is 2. The van der Waals surface area contributed by atoms with E-state index in [1.54, 1.807) is 12.0 Å². The van der Waals surface area contributed by atoms with Crippen molar-refractivity contribution in [2.45, 2.75) is 26.8 Å². The van der Waals surface area contributed by atoms with E-state index in [1.165, 1.54) is 0 Å². The average Bonchev–Trinajstić information content (AvgIpc) is 2.14. The molecule has 0 fully saturated rings. The second kappa shape index (κ2) is 8.88. The van der Waals surface area contributed by atoms with Crippen LogP contribution in [0.2, 0.25) is 0 Å². The van der Waals surface area contributed by atoms with Gasteiger partial charge in [0.15, 0.2) is 0 Å². The fourth-order valence-corrected chi connectivity index (χ4v) is 1.71. The molecule has 0 bridgehead atoms. The monoisotopic (exact) mass is 260 g/mol. The number of nitrogens with zero attached hydrogens (tertiary/aromatic N) is 1. The zero-order valence-electron chi connectivity index (χ0n) is 11.6. The lowest BCUT2D eigenvalue weighted by atomic mass is 10.2. The van der Waals surface area contributed by atoms with Crippen LogP contribution in [-0.2, 0) is 14.3 Å². The zero-order chi connectivity index (χ0) is 14.1. The summed E-state index contributed by atoms with van der Waals surface area (Å²) in [6, 6.07) is -0.0757. The van der Waals surface area contributed by atoms with Gasteiger partial charge < -0.3 is 15.2 Å². The maximum atomic E-state index is 11.7. The SMILES string of the molecule is COCC(C)NC(=O)CN(CC(=O)O)CC(C)C. The molecular formula is C12H24N2O4. The molecule has 0 spiro atoms. The highest BCUT2D eigenvalue weighted by Crippen LogP contribution is 1.98. The number of carbonyl (C=O) groups excluding carboxylic acids is 1. The maximum absolute atomic E-state index is 11.7. The Morgan fingerprint density at radius 3 is 2.33 bits per heavy atom. The van der Waals surface area contributed by atoms with Gasteiger partial charge in [0.2, 0.25) is 5.91 Å². The molecule has 6 nitrogen and oxygen atoms in total. The van der Waals surface area contributed by atoms with Gasteiger partial charge in [0.25, 0.3) is 0 Å². The van der Waals surface area contributed by atoms with Gasteiger partial charge in [-0.05, 0) is 12.8 Å². The van der Waals surface area contributed by atoms with Crippen LogP contribution >= 0.6 is 0 Å². The number of methoxy groups -OCH3 is 1. The topological polar surface area (TPSA) is 78.9 Å². The van der Waals surface area contributed by atoms with E-state index in [-0.39, 0.29) is 25.0 Å². The van der Waals surface area contributed by atoms with Crippen LogP contribution in [0.1, 0.15) is 20.8 Å². The average molecular weight is 260 g/mol. The Morgan fingerprint density at radius 2 is 1.89 bits per heavy atom. The summed E-state index contributed by atoms with van der Waals surface area (Å²) in [4.78, 5) is 24.0. The summed E-state index contributed by atoms with van der Waals surface area (Å²) in [6.07, 6.45) is 0. The number of rotatable bonds is 9. The minimum Gasteiger partial charge on any atom is -0.480 e. The molecule has 0 aliphatic rings. The van der Waals surface area contributed by atoms with Crippen LogP contribution in [0.3, 0.4) is 0 Å². The van der Waals surface area contributed by atoms with E-state index >= 15 is 0 Å². The fourth-order valence-electron chi connectivity index (χ4n) is 1.71. The molecule has 1 unspecified atom stereocenters. The van der Waals surface area contributed by atoms with Crippen LogP contribution in [0.5, 0.6) is 0 Å². The summed E-state index contributed by atoms with van der Waals surface area (Å²) in [6.45, 7) is 6.81. The van der Waals surface area contributed by atoms with Crippen molar-refractivity contribution < 1.29 is 19.4 Å². The summed E-state index contributed by atoms with van der Waals surface area (Å²) < 4.78 is 4.92. The normalized spacial score (nSPS) is 12.8. The van der Waals surface area contributed by atoms with Gasteiger partial charge in [-0.1, -0.05) is 13.8 Å². The van der Waals surface area contributed by atoms with Gasteiger partial charge in [0, 0.05) is 19.7 Å². The van der Waals surface area contributed by atoms with Gasteiger partial charge in [-0.2, -0.15) is 0 Å². The van der Waals surface area contributed by atoms with Gasteiger partial charge in [-0.3, -0.25) is 14.5 Å². The van der Waals surface area contributed by atoms with E-state index in [4.69, 9.17) is 9.84 Å².